The zero-order valence-corrected chi connectivity index (χ0v) is 17.7. The van der Waals surface area contributed by atoms with E-state index in [1.54, 1.807) is 0 Å². The fourth-order valence-corrected chi connectivity index (χ4v) is 3.41. The molecule has 0 unspecified atom stereocenters. The molecule has 0 saturated carbocycles. The van der Waals surface area contributed by atoms with E-state index < -0.39 is 17.9 Å². The van der Waals surface area contributed by atoms with E-state index in [9.17, 15) is 14.6 Å². The van der Waals surface area contributed by atoms with Gasteiger partial charge >= 0.3 is 7.48 Å². The van der Waals surface area contributed by atoms with Gasteiger partial charge in [0.2, 0.25) is 5.91 Å². The number of nitrogens with zero attached hydrogens (tertiary/aromatic N) is 2. The zero-order valence-electron chi connectivity index (χ0n) is 17.7. The van der Waals surface area contributed by atoms with Gasteiger partial charge in [-0.2, -0.15) is 0 Å². The Bertz CT molecular complexity index is 1030. The summed E-state index contributed by atoms with van der Waals surface area (Å²) in [4.78, 5) is 33.6. The first-order chi connectivity index (χ1) is 15.0. The number of carbonyl (C=O) groups is 2. The molecule has 0 saturated heterocycles. The summed E-state index contributed by atoms with van der Waals surface area (Å²) >= 11 is 0. The van der Waals surface area contributed by atoms with Crippen LogP contribution in [0.5, 0.6) is 0 Å². The first-order valence-corrected chi connectivity index (χ1v) is 10.3. The van der Waals surface area contributed by atoms with E-state index in [4.69, 9.17) is 0 Å². The summed E-state index contributed by atoms with van der Waals surface area (Å²) in [5.41, 5.74) is 1.04. The highest BCUT2D eigenvalue weighted by atomic mass is 16.2. The molecule has 1 radical (unpaired) electrons. The number of nitrogens with one attached hydrogen (secondary N) is 2. The van der Waals surface area contributed by atoms with Crippen molar-refractivity contribution in [1.29, 1.82) is 0 Å². The van der Waals surface area contributed by atoms with Crippen molar-refractivity contribution in [3.05, 3.63) is 72.3 Å². The largest absolute Gasteiger partial charge is 0.452 e. The van der Waals surface area contributed by atoms with Gasteiger partial charge in [-0.3, -0.25) is 14.6 Å². The van der Waals surface area contributed by atoms with Crippen LogP contribution in [-0.2, 0) is 11.2 Å². The predicted molar refractivity (Wildman–Crippen MR) is 120 cm³/mol. The molecule has 0 aliphatic heterocycles. The quantitative estimate of drug-likeness (QED) is 0.463. The summed E-state index contributed by atoms with van der Waals surface area (Å²) in [6.07, 6.45) is 5.13. The highest BCUT2D eigenvalue weighted by Crippen LogP contribution is 2.17. The van der Waals surface area contributed by atoms with Gasteiger partial charge in [0.25, 0.3) is 5.91 Å². The van der Waals surface area contributed by atoms with Gasteiger partial charge in [0.1, 0.15) is 11.7 Å². The number of fused-ring (bicyclic) bond motifs is 1. The van der Waals surface area contributed by atoms with Crippen LogP contribution in [0.15, 0.2) is 61.1 Å². The molecule has 2 aromatic carbocycles. The van der Waals surface area contributed by atoms with Gasteiger partial charge in [0.15, 0.2) is 0 Å². The van der Waals surface area contributed by atoms with Crippen molar-refractivity contribution < 1.29 is 14.6 Å². The molecule has 1 heterocycles. The molecule has 3 N–H and O–H groups in total. The molecular formula is C23H26BN4O3. The zero-order chi connectivity index (χ0) is 22.2. The summed E-state index contributed by atoms with van der Waals surface area (Å²) in [7, 11) is 0.982. The van der Waals surface area contributed by atoms with E-state index in [0.29, 0.717) is 12.8 Å². The molecule has 3 aromatic rings. The molecule has 0 fully saturated rings. The highest BCUT2D eigenvalue weighted by molar-refractivity contribution is 6.28. The molecule has 0 bridgehead atoms. The topological polar surface area (TPSA) is 104 Å². The minimum absolute atomic E-state index is 0.131. The summed E-state index contributed by atoms with van der Waals surface area (Å²) in [6, 6.07) is 13.1. The third kappa shape index (κ3) is 6.36. The monoisotopic (exact) mass is 417 g/mol. The van der Waals surface area contributed by atoms with E-state index in [2.05, 4.69) is 20.6 Å². The van der Waals surface area contributed by atoms with Crippen LogP contribution in [0.1, 0.15) is 36.3 Å². The third-order valence-electron chi connectivity index (χ3n) is 4.90. The molecule has 8 heteroatoms. The van der Waals surface area contributed by atoms with Crippen molar-refractivity contribution in [2.24, 2.45) is 5.92 Å². The molecule has 31 heavy (non-hydrogen) atoms. The fourth-order valence-electron chi connectivity index (χ4n) is 3.41. The Morgan fingerprint density at radius 2 is 1.84 bits per heavy atom. The Kier molecular flexibility index (Phi) is 7.73. The van der Waals surface area contributed by atoms with E-state index in [1.165, 1.54) is 18.6 Å². The van der Waals surface area contributed by atoms with Gasteiger partial charge in [0.05, 0.1) is 6.20 Å². The van der Waals surface area contributed by atoms with Crippen molar-refractivity contribution in [1.82, 2.24) is 20.6 Å². The second kappa shape index (κ2) is 10.7. The van der Waals surface area contributed by atoms with Crippen LogP contribution in [0.2, 0.25) is 0 Å². The van der Waals surface area contributed by atoms with Crippen LogP contribution >= 0.6 is 0 Å². The number of hydrogen-bond donors (Lipinski definition) is 3. The molecule has 1 aromatic heterocycles. The lowest BCUT2D eigenvalue weighted by Gasteiger charge is -2.23. The second-order valence-electron chi connectivity index (χ2n) is 7.90. The SMILES string of the molecule is CC(C)C[C@@H]([B]O)NC(=O)[C@H](Cc1ccc2ccccc2c1)NC(=O)c1cnccn1. The fraction of sp³-hybridized carbons (Fsp3) is 0.304. The minimum Gasteiger partial charge on any atom is -0.452 e. The summed E-state index contributed by atoms with van der Waals surface area (Å²) in [5, 5.41) is 17.3. The molecule has 0 aliphatic rings. The number of carbonyl (C=O) groups excluding carboxylic acids is 2. The normalized spacial score (nSPS) is 12.9. The maximum absolute atomic E-state index is 13.0. The summed E-state index contributed by atoms with van der Waals surface area (Å²) < 4.78 is 0. The lowest BCUT2D eigenvalue weighted by Crippen LogP contribution is -2.52. The van der Waals surface area contributed by atoms with Crippen molar-refractivity contribution in [2.45, 2.75) is 38.7 Å². The molecule has 7 nitrogen and oxygen atoms in total. The van der Waals surface area contributed by atoms with Gasteiger partial charge in [-0.05, 0) is 28.7 Å². The predicted octanol–water partition coefficient (Wildman–Crippen LogP) is 2.07. The first kappa shape index (κ1) is 22.4. The van der Waals surface area contributed by atoms with Crippen LogP contribution in [0.4, 0.5) is 0 Å². The van der Waals surface area contributed by atoms with Crippen LogP contribution in [-0.4, -0.2) is 46.3 Å². The van der Waals surface area contributed by atoms with Crippen LogP contribution < -0.4 is 10.6 Å². The molecule has 2 amide bonds. The number of rotatable bonds is 9. The van der Waals surface area contributed by atoms with Crippen LogP contribution in [0, 0.1) is 5.92 Å². The van der Waals surface area contributed by atoms with E-state index in [-0.39, 0.29) is 17.5 Å². The Hall–Kier alpha value is -3.26. The molecule has 159 valence electrons. The summed E-state index contributed by atoms with van der Waals surface area (Å²) in [5.74, 6) is -1.08. The van der Waals surface area contributed by atoms with Crippen molar-refractivity contribution in [3.8, 4) is 0 Å². The maximum atomic E-state index is 13.0. The van der Waals surface area contributed by atoms with E-state index in [1.807, 2.05) is 56.3 Å². The highest BCUT2D eigenvalue weighted by Gasteiger charge is 2.25. The Morgan fingerprint density at radius 3 is 2.52 bits per heavy atom. The van der Waals surface area contributed by atoms with Crippen LogP contribution in [0.25, 0.3) is 10.8 Å². The third-order valence-corrected chi connectivity index (χ3v) is 4.90. The first-order valence-electron chi connectivity index (χ1n) is 10.3. The average molecular weight is 417 g/mol. The van der Waals surface area contributed by atoms with Crippen molar-refractivity contribution >= 4 is 30.1 Å². The molecule has 0 aliphatic carbocycles. The average Bonchev–Trinajstić information content (AvgIpc) is 2.78. The number of benzene rings is 2. The number of hydrogen-bond acceptors (Lipinski definition) is 5. The Labute approximate surface area is 182 Å². The second-order valence-corrected chi connectivity index (χ2v) is 7.90. The Balaban J connectivity index is 1.81. The van der Waals surface area contributed by atoms with Gasteiger partial charge in [-0.25, -0.2) is 4.98 Å². The van der Waals surface area contributed by atoms with Gasteiger partial charge in [0, 0.05) is 24.8 Å². The summed E-state index contributed by atoms with van der Waals surface area (Å²) in [6.45, 7) is 4.01. The maximum Gasteiger partial charge on any atom is 0.311 e. The molecule has 0 spiro atoms. The van der Waals surface area contributed by atoms with E-state index >= 15 is 0 Å². The standard InChI is InChI=1S/C23H26BN4O3/c1-15(2)11-21(24-31)28-22(29)19(27-23(30)20-14-25-9-10-26-20)13-16-7-8-17-5-3-4-6-18(17)12-16/h3-10,12,14-15,19,21,31H,11,13H2,1-2H3,(H,27,30)(H,28,29)/t19-,21-/m0/s1. The molecule has 2 atom stereocenters. The molecular weight excluding hydrogens is 391 g/mol. The van der Waals surface area contributed by atoms with Crippen LogP contribution in [0.3, 0.4) is 0 Å². The van der Waals surface area contributed by atoms with Gasteiger partial charge < -0.3 is 15.7 Å². The van der Waals surface area contributed by atoms with Gasteiger partial charge in [-0.1, -0.05) is 56.3 Å². The number of amides is 2. The van der Waals surface area contributed by atoms with Crippen molar-refractivity contribution in [3.63, 3.8) is 0 Å². The smallest absolute Gasteiger partial charge is 0.311 e. The lowest BCUT2D eigenvalue weighted by atomic mass is 9.82. The number of aromatic nitrogens is 2. The lowest BCUT2D eigenvalue weighted by molar-refractivity contribution is -0.123. The van der Waals surface area contributed by atoms with Crippen molar-refractivity contribution in [2.75, 3.05) is 0 Å². The Morgan fingerprint density at radius 1 is 1.06 bits per heavy atom. The molecule has 3 rings (SSSR count). The minimum atomic E-state index is -0.842. The van der Waals surface area contributed by atoms with E-state index in [0.717, 1.165) is 23.8 Å². The van der Waals surface area contributed by atoms with Gasteiger partial charge in [-0.15, -0.1) is 0 Å².